The molecule has 0 saturated heterocycles. The first-order chi connectivity index (χ1) is 11.6. The lowest BCUT2D eigenvalue weighted by Crippen LogP contribution is -2.38. The molecule has 0 radical (unpaired) electrons. The number of halogens is 1. The third kappa shape index (κ3) is 8.64. The lowest BCUT2D eigenvalue weighted by atomic mass is 10.0. The maximum Gasteiger partial charge on any atom is 0.261 e. The summed E-state index contributed by atoms with van der Waals surface area (Å²) in [6.45, 7) is 2.35. The lowest BCUT2D eigenvalue weighted by Gasteiger charge is -2.10. The van der Waals surface area contributed by atoms with E-state index >= 15 is 0 Å². The van der Waals surface area contributed by atoms with E-state index in [9.17, 15) is 13.2 Å². The van der Waals surface area contributed by atoms with Crippen LogP contribution in [0.2, 0.25) is 5.02 Å². The zero-order valence-electron chi connectivity index (χ0n) is 13.9. The molecule has 0 unspecified atom stereocenters. The maximum absolute atomic E-state index is 10.9. The second-order valence-corrected chi connectivity index (χ2v) is 7.29. The molecule has 1 atom stereocenters. The molecular weight excluding hydrogens is 364 g/mol. The van der Waals surface area contributed by atoms with Crippen LogP contribution in [-0.2, 0) is 21.5 Å². The second-order valence-electron chi connectivity index (χ2n) is 5.41. The van der Waals surface area contributed by atoms with Crippen LogP contribution in [0.4, 0.5) is 0 Å². The smallest absolute Gasteiger partial charge is 0.261 e. The van der Waals surface area contributed by atoms with Gasteiger partial charge in [0.05, 0.1) is 12.3 Å². The predicted octanol–water partition coefficient (Wildman–Crippen LogP) is 2.47. The Kier molecular flexibility index (Phi) is 8.05. The maximum atomic E-state index is 10.9. The van der Waals surface area contributed by atoms with Crippen LogP contribution in [-0.4, -0.2) is 31.2 Å². The minimum Gasteiger partial charge on any atom is -0.368 e. The molecule has 0 aromatic heterocycles. The quantitative estimate of drug-likeness (QED) is 0.686. The van der Waals surface area contributed by atoms with Gasteiger partial charge in [0.1, 0.15) is 0 Å². The highest BCUT2D eigenvalue weighted by Gasteiger charge is 2.07. The number of carbonyl (C=O) groups excluding carboxylic acids is 1. The third-order valence-corrected chi connectivity index (χ3v) is 3.51. The highest BCUT2D eigenvalue weighted by Crippen LogP contribution is 2.27. The standard InChI is InChI=1S/C16H17ClN2O.CH4O3S/c1-11(16(18)20)19-10-12-6-8-13(9-7-12)14-4-2-3-5-15(14)17;1-5(2,3)4/h2-9,11,19H,10H2,1H3,(H2,18,20);1H3,(H,2,3,4)/t11-;/m0./s1. The van der Waals surface area contributed by atoms with Crippen LogP contribution in [0.1, 0.15) is 12.5 Å². The summed E-state index contributed by atoms with van der Waals surface area (Å²) in [5.41, 5.74) is 8.38. The van der Waals surface area contributed by atoms with E-state index < -0.39 is 10.1 Å². The number of carbonyl (C=O) groups is 1. The Morgan fingerprint density at radius 2 is 1.72 bits per heavy atom. The largest absolute Gasteiger partial charge is 0.368 e. The molecule has 1 amide bonds. The van der Waals surface area contributed by atoms with Gasteiger partial charge >= 0.3 is 0 Å². The summed E-state index contributed by atoms with van der Waals surface area (Å²) >= 11 is 6.17. The van der Waals surface area contributed by atoms with Gasteiger partial charge in [0.15, 0.2) is 0 Å². The SMILES string of the molecule is CS(=O)(=O)O.C[C@H](NCc1ccc(-c2ccccc2Cl)cc1)C(N)=O. The first-order valence-electron chi connectivity index (χ1n) is 7.37. The zero-order valence-corrected chi connectivity index (χ0v) is 15.5. The number of primary amides is 1. The fourth-order valence-corrected chi connectivity index (χ4v) is 2.11. The molecular formula is C17H21ClN2O4S. The van der Waals surface area contributed by atoms with Gasteiger partial charge in [-0.25, -0.2) is 0 Å². The third-order valence-electron chi connectivity index (χ3n) is 3.18. The molecule has 0 heterocycles. The molecule has 6 nitrogen and oxygen atoms in total. The molecule has 25 heavy (non-hydrogen) atoms. The summed E-state index contributed by atoms with van der Waals surface area (Å²) < 4.78 is 25.9. The summed E-state index contributed by atoms with van der Waals surface area (Å²) in [5.74, 6) is -0.349. The van der Waals surface area contributed by atoms with Gasteiger partial charge in [-0.05, 0) is 24.1 Å². The Hall–Kier alpha value is -1.93. The molecule has 0 saturated carbocycles. The number of amides is 1. The van der Waals surface area contributed by atoms with Crippen LogP contribution < -0.4 is 11.1 Å². The summed E-state index contributed by atoms with van der Waals surface area (Å²) in [4.78, 5) is 10.9. The molecule has 2 aromatic carbocycles. The molecule has 136 valence electrons. The number of hydrogen-bond acceptors (Lipinski definition) is 4. The van der Waals surface area contributed by atoms with Crippen LogP contribution in [0, 0.1) is 0 Å². The minimum atomic E-state index is -3.67. The first-order valence-corrected chi connectivity index (χ1v) is 9.59. The van der Waals surface area contributed by atoms with Crippen molar-refractivity contribution in [3.63, 3.8) is 0 Å². The molecule has 8 heteroatoms. The van der Waals surface area contributed by atoms with Crippen molar-refractivity contribution in [2.75, 3.05) is 6.26 Å². The summed E-state index contributed by atoms with van der Waals surface area (Å²) in [7, 11) is -3.67. The molecule has 0 bridgehead atoms. The van der Waals surface area contributed by atoms with Gasteiger partial charge in [-0.2, -0.15) is 8.42 Å². The number of rotatable bonds is 5. The number of nitrogens with one attached hydrogen (secondary N) is 1. The summed E-state index contributed by atoms with van der Waals surface area (Å²) in [6.07, 6.45) is 0.715. The van der Waals surface area contributed by atoms with Gasteiger partial charge in [-0.15, -0.1) is 0 Å². The molecule has 0 fully saturated rings. The van der Waals surface area contributed by atoms with Crippen molar-refractivity contribution in [3.8, 4) is 11.1 Å². The van der Waals surface area contributed by atoms with Crippen molar-refractivity contribution < 1.29 is 17.8 Å². The van der Waals surface area contributed by atoms with E-state index in [1.54, 1.807) is 6.92 Å². The van der Waals surface area contributed by atoms with E-state index in [0.717, 1.165) is 21.7 Å². The number of hydrogen-bond donors (Lipinski definition) is 3. The zero-order chi connectivity index (χ0) is 19.0. The Bertz CT molecular complexity index is 800. The molecule has 2 rings (SSSR count). The van der Waals surface area contributed by atoms with Crippen molar-refractivity contribution in [2.45, 2.75) is 19.5 Å². The fourth-order valence-electron chi connectivity index (χ4n) is 1.87. The van der Waals surface area contributed by atoms with Crippen molar-refractivity contribution in [1.29, 1.82) is 0 Å². The van der Waals surface area contributed by atoms with Crippen LogP contribution in [0.3, 0.4) is 0 Å². The summed E-state index contributed by atoms with van der Waals surface area (Å²) in [5, 5.41) is 3.81. The van der Waals surface area contributed by atoms with E-state index in [-0.39, 0.29) is 11.9 Å². The normalized spacial score (nSPS) is 12.0. The van der Waals surface area contributed by atoms with E-state index in [4.69, 9.17) is 21.9 Å². The number of nitrogens with two attached hydrogens (primary N) is 1. The van der Waals surface area contributed by atoms with Gasteiger partial charge in [-0.1, -0.05) is 54.1 Å². The van der Waals surface area contributed by atoms with Crippen LogP contribution in [0.25, 0.3) is 11.1 Å². The van der Waals surface area contributed by atoms with Gasteiger partial charge in [0, 0.05) is 17.1 Å². The summed E-state index contributed by atoms with van der Waals surface area (Å²) in [6, 6.07) is 15.5. The highest BCUT2D eigenvalue weighted by molar-refractivity contribution is 7.85. The van der Waals surface area contributed by atoms with Crippen LogP contribution >= 0.6 is 11.6 Å². The van der Waals surface area contributed by atoms with Gasteiger partial charge in [0.25, 0.3) is 10.1 Å². The molecule has 0 aliphatic heterocycles. The Morgan fingerprint density at radius 3 is 2.20 bits per heavy atom. The second kappa shape index (κ2) is 9.53. The first kappa shape index (κ1) is 21.1. The van der Waals surface area contributed by atoms with E-state index in [1.807, 2.05) is 48.5 Å². The van der Waals surface area contributed by atoms with Crippen molar-refractivity contribution in [3.05, 3.63) is 59.1 Å². The topological polar surface area (TPSA) is 109 Å². The molecule has 0 spiro atoms. The molecule has 0 aliphatic carbocycles. The highest BCUT2D eigenvalue weighted by atomic mass is 35.5. The average Bonchev–Trinajstić information content (AvgIpc) is 2.52. The van der Waals surface area contributed by atoms with E-state index in [0.29, 0.717) is 12.8 Å². The lowest BCUT2D eigenvalue weighted by molar-refractivity contribution is -0.119. The van der Waals surface area contributed by atoms with Crippen molar-refractivity contribution in [2.24, 2.45) is 5.73 Å². The average molecular weight is 385 g/mol. The van der Waals surface area contributed by atoms with Gasteiger partial charge in [0.2, 0.25) is 5.91 Å². The van der Waals surface area contributed by atoms with Crippen LogP contribution in [0.5, 0.6) is 0 Å². The van der Waals surface area contributed by atoms with Gasteiger partial charge in [-0.3, -0.25) is 9.35 Å². The predicted molar refractivity (Wildman–Crippen MR) is 99.9 cm³/mol. The minimum absolute atomic E-state index is 0.335. The van der Waals surface area contributed by atoms with Crippen molar-refractivity contribution in [1.82, 2.24) is 5.32 Å². The number of benzene rings is 2. The Labute approximate surface area is 152 Å². The van der Waals surface area contributed by atoms with Crippen LogP contribution in [0.15, 0.2) is 48.5 Å². The molecule has 0 aliphatic rings. The monoisotopic (exact) mass is 384 g/mol. The molecule has 2 aromatic rings. The fraction of sp³-hybridized carbons (Fsp3) is 0.235. The Morgan fingerprint density at radius 1 is 1.20 bits per heavy atom. The van der Waals surface area contributed by atoms with E-state index in [1.165, 1.54) is 0 Å². The van der Waals surface area contributed by atoms with E-state index in [2.05, 4.69) is 5.32 Å². The van der Waals surface area contributed by atoms with Crippen molar-refractivity contribution >= 4 is 27.6 Å². The molecule has 4 N–H and O–H groups in total. The van der Waals surface area contributed by atoms with Gasteiger partial charge < -0.3 is 11.1 Å². The Balaban J connectivity index is 0.000000550.